The largest absolute Gasteiger partial charge is 0.366 e. The molecule has 0 spiro atoms. The Kier molecular flexibility index (Phi) is 4.91. The van der Waals surface area contributed by atoms with Gasteiger partial charge in [0.05, 0.1) is 11.3 Å². The minimum absolute atomic E-state index is 0.00787. The Morgan fingerprint density at radius 1 is 1.19 bits per heavy atom. The summed E-state index contributed by atoms with van der Waals surface area (Å²) >= 11 is 5.84. The first-order valence-corrected chi connectivity index (χ1v) is 8.25. The highest BCUT2D eigenvalue weighted by molar-refractivity contribution is 6.32. The molecule has 0 aliphatic heterocycles. The van der Waals surface area contributed by atoms with Crippen molar-refractivity contribution in [2.24, 2.45) is 5.73 Å². The Bertz CT molecular complexity index is 1060. The van der Waals surface area contributed by atoms with Crippen LogP contribution in [0.3, 0.4) is 0 Å². The smallest absolute Gasteiger partial charge is 0.274 e. The number of benzene rings is 1. The number of aryl methyl sites for hydroxylation is 2. The molecule has 0 fully saturated rings. The molecule has 1 aromatic carbocycles. The van der Waals surface area contributed by atoms with E-state index >= 15 is 0 Å². The van der Waals surface area contributed by atoms with Gasteiger partial charge in [0.25, 0.3) is 11.8 Å². The van der Waals surface area contributed by atoms with E-state index in [0.717, 1.165) is 11.4 Å². The maximum Gasteiger partial charge on any atom is 0.274 e. The average molecular weight is 388 g/mol. The maximum absolute atomic E-state index is 14.5. The first-order valence-electron chi connectivity index (χ1n) is 7.87. The number of halogens is 2. The van der Waals surface area contributed by atoms with Gasteiger partial charge in [-0.1, -0.05) is 11.6 Å². The zero-order chi connectivity index (χ0) is 19.7. The number of nitrogens with two attached hydrogens (primary N) is 1. The molecule has 3 N–H and O–H groups in total. The van der Waals surface area contributed by atoms with E-state index in [-0.39, 0.29) is 27.8 Å². The highest BCUT2D eigenvalue weighted by Crippen LogP contribution is 2.21. The van der Waals surface area contributed by atoms with Gasteiger partial charge in [-0.15, -0.1) is 0 Å². The van der Waals surface area contributed by atoms with Gasteiger partial charge < -0.3 is 11.1 Å². The van der Waals surface area contributed by atoms with Crippen molar-refractivity contribution < 1.29 is 14.0 Å². The number of hydrogen-bond donors (Lipinski definition) is 2. The number of anilines is 1. The summed E-state index contributed by atoms with van der Waals surface area (Å²) in [4.78, 5) is 27.3. The van der Waals surface area contributed by atoms with Crippen LogP contribution in [-0.2, 0) is 0 Å². The number of rotatable bonds is 4. The minimum atomic E-state index is -0.749. The second kappa shape index (κ2) is 7.16. The first-order chi connectivity index (χ1) is 12.8. The molecular weight excluding hydrogens is 373 g/mol. The van der Waals surface area contributed by atoms with E-state index in [0.29, 0.717) is 0 Å². The summed E-state index contributed by atoms with van der Waals surface area (Å²) in [7, 11) is 0. The highest BCUT2D eigenvalue weighted by atomic mass is 35.5. The van der Waals surface area contributed by atoms with Gasteiger partial charge in [0, 0.05) is 11.4 Å². The molecule has 3 aromatic rings. The van der Waals surface area contributed by atoms with Crippen molar-refractivity contribution in [1.29, 1.82) is 0 Å². The quantitative estimate of drug-likeness (QED) is 0.671. The van der Waals surface area contributed by atoms with Gasteiger partial charge >= 0.3 is 0 Å². The summed E-state index contributed by atoms with van der Waals surface area (Å²) in [5.41, 5.74) is 7.18. The van der Waals surface area contributed by atoms with Crippen molar-refractivity contribution in [2.75, 3.05) is 5.32 Å². The van der Waals surface area contributed by atoms with Gasteiger partial charge in [0.1, 0.15) is 16.5 Å². The number of aromatic nitrogens is 3. The third-order valence-electron chi connectivity index (χ3n) is 3.79. The molecule has 7 nitrogen and oxygen atoms in total. The fourth-order valence-electron chi connectivity index (χ4n) is 2.57. The van der Waals surface area contributed by atoms with Crippen LogP contribution in [0.4, 0.5) is 10.1 Å². The number of hydrogen-bond acceptors (Lipinski definition) is 4. The fourth-order valence-corrected chi connectivity index (χ4v) is 2.82. The topological polar surface area (TPSA) is 103 Å². The van der Waals surface area contributed by atoms with Crippen LogP contribution in [0.15, 0.2) is 36.4 Å². The zero-order valence-electron chi connectivity index (χ0n) is 14.5. The van der Waals surface area contributed by atoms with Crippen LogP contribution < -0.4 is 11.1 Å². The first kappa shape index (κ1) is 18.5. The third-order valence-corrected chi connectivity index (χ3v) is 4.08. The van der Waals surface area contributed by atoms with E-state index in [9.17, 15) is 14.0 Å². The Morgan fingerprint density at radius 2 is 1.93 bits per heavy atom. The SMILES string of the molecule is Cc1cc(C)n(-c2ccc(NC(=O)c3ccc(C(N)=O)c(Cl)n3)cc2F)n1. The second-order valence-corrected chi connectivity index (χ2v) is 6.22. The van der Waals surface area contributed by atoms with Gasteiger partial charge in [-0.2, -0.15) is 5.10 Å². The number of amides is 2. The highest BCUT2D eigenvalue weighted by Gasteiger charge is 2.15. The van der Waals surface area contributed by atoms with Crippen LogP contribution in [-0.4, -0.2) is 26.6 Å². The second-order valence-electron chi connectivity index (χ2n) is 5.86. The number of nitrogens with one attached hydrogen (secondary N) is 1. The average Bonchev–Trinajstić information content (AvgIpc) is 2.92. The van der Waals surface area contributed by atoms with E-state index in [1.807, 2.05) is 19.9 Å². The summed E-state index contributed by atoms with van der Waals surface area (Å²) in [6.45, 7) is 3.64. The Labute approximate surface area is 159 Å². The molecule has 27 heavy (non-hydrogen) atoms. The van der Waals surface area contributed by atoms with Crippen LogP contribution >= 0.6 is 11.6 Å². The van der Waals surface area contributed by atoms with Crippen LogP contribution in [0.1, 0.15) is 32.2 Å². The van der Waals surface area contributed by atoms with Gasteiger partial charge in [-0.3, -0.25) is 9.59 Å². The predicted octanol–water partition coefficient (Wildman–Crippen LogP) is 3.03. The molecule has 2 amide bonds. The molecule has 3 rings (SSSR count). The molecule has 0 saturated heterocycles. The van der Waals surface area contributed by atoms with Crippen LogP contribution in [0.5, 0.6) is 0 Å². The number of primary amides is 1. The number of carbonyl (C=O) groups is 2. The molecule has 138 valence electrons. The van der Waals surface area contributed by atoms with Crippen molar-refractivity contribution in [2.45, 2.75) is 13.8 Å². The molecule has 0 unspecified atom stereocenters. The normalized spacial score (nSPS) is 10.7. The van der Waals surface area contributed by atoms with Crippen molar-refractivity contribution in [3.63, 3.8) is 0 Å². The Hall–Kier alpha value is -3.26. The van der Waals surface area contributed by atoms with Crippen molar-refractivity contribution in [3.05, 3.63) is 70.0 Å². The molecule has 2 aromatic heterocycles. The Morgan fingerprint density at radius 3 is 2.48 bits per heavy atom. The molecular formula is C18H15ClFN5O2. The summed E-state index contributed by atoms with van der Waals surface area (Å²) in [5.74, 6) is -1.90. The minimum Gasteiger partial charge on any atom is -0.366 e. The standard InChI is InChI=1S/C18H15ClFN5O2/c1-9-7-10(2)25(24-9)15-6-3-11(8-13(15)20)22-18(27)14-5-4-12(17(21)26)16(19)23-14/h3-8H,1-2H3,(H2,21,26)(H,22,27). The van der Waals surface area contributed by atoms with Crippen LogP contribution in [0.2, 0.25) is 5.15 Å². The third kappa shape index (κ3) is 3.80. The van der Waals surface area contributed by atoms with E-state index in [4.69, 9.17) is 17.3 Å². The molecule has 9 heteroatoms. The van der Waals surface area contributed by atoms with Crippen molar-refractivity contribution in [1.82, 2.24) is 14.8 Å². The van der Waals surface area contributed by atoms with E-state index in [1.165, 1.54) is 28.9 Å². The Balaban J connectivity index is 1.83. The lowest BCUT2D eigenvalue weighted by Gasteiger charge is -2.09. The van der Waals surface area contributed by atoms with Crippen LogP contribution in [0.25, 0.3) is 5.69 Å². The fraction of sp³-hybridized carbons (Fsp3) is 0.111. The predicted molar refractivity (Wildman–Crippen MR) is 98.7 cm³/mol. The summed E-state index contributed by atoms with van der Waals surface area (Å²) < 4.78 is 16.0. The number of pyridine rings is 1. The maximum atomic E-state index is 14.5. The monoisotopic (exact) mass is 387 g/mol. The molecule has 0 saturated carbocycles. The summed E-state index contributed by atoms with van der Waals surface area (Å²) in [5, 5.41) is 6.59. The van der Waals surface area contributed by atoms with E-state index in [1.54, 1.807) is 6.07 Å². The number of carbonyl (C=O) groups excluding carboxylic acids is 2. The molecule has 0 aliphatic carbocycles. The molecule has 2 heterocycles. The van der Waals surface area contributed by atoms with Gasteiger partial charge in [-0.25, -0.2) is 14.1 Å². The lowest BCUT2D eigenvalue weighted by atomic mass is 10.2. The summed E-state index contributed by atoms with van der Waals surface area (Å²) in [6, 6.07) is 8.69. The van der Waals surface area contributed by atoms with Gasteiger partial charge in [-0.05, 0) is 50.2 Å². The van der Waals surface area contributed by atoms with Gasteiger partial charge in [0.15, 0.2) is 5.82 Å². The zero-order valence-corrected chi connectivity index (χ0v) is 15.2. The molecule has 0 atom stereocenters. The number of nitrogens with zero attached hydrogens (tertiary/aromatic N) is 3. The lowest BCUT2D eigenvalue weighted by Crippen LogP contribution is -2.17. The van der Waals surface area contributed by atoms with Crippen molar-refractivity contribution >= 4 is 29.1 Å². The summed E-state index contributed by atoms with van der Waals surface area (Å²) in [6.07, 6.45) is 0. The molecule has 0 bridgehead atoms. The van der Waals surface area contributed by atoms with Gasteiger partial charge in [0.2, 0.25) is 0 Å². The van der Waals surface area contributed by atoms with E-state index < -0.39 is 17.6 Å². The van der Waals surface area contributed by atoms with Crippen molar-refractivity contribution in [3.8, 4) is 5.69 Å². The lowest BCUT2D eigenvalue weighted by molar-refractivity contribution is 0.0993. The molecule has 0 radical (unpaired) electrons. The van der Waals surface area contributed by atoms with Crippen LogP contribution in [0, 0.1) is 19.7 Å². The van der Waals surface area contributed by atoms with E-state index in [2.05, 4.69) is 15.4 Å². The molecule has 0 aliphatic rings.